The SMILES string of the molecule is [B].[CH3-].[CH3-].[Ti+2]. The zero-order valence-electron chi connectivity index (χ0n) is 3.08. The van der Waals surface area contributed by atoms with Crippen LogP contribution in [0.25, 0.3) is 0 Å². The fourth-order valence-corrected chi connectivity index (χ4v) is 0. The van der Waals surface area contributed by atoms with E-state index in [1.807, 2.05) is 0 Å². The van der Waals surface area contributed by atoms with Crippen molar-refractivity contribution in [3.05, 3.63) is 14.9 Å². The Labute approximate surface area is 45.4 Å². The summed E-state index contributed by atoms with van der Waals surface area (Å²) >= 11 is 0. The Kier molecular flexibility index (Phi) is 1350. The van der Waals surface area contributed by atoms with E-state index >= 15 is 0 Å². The van der Waals surface area contributed by atoms with Crippen molar-refractivity contribution in [3.63, 3.8) is 0 Å². The number of hydrogen-bond acceptors (Lipinski definition) is 0. The van der Waals surface area contributed by atoms with Gasteiger partial charge in [0.1, 0.15) is 0 Å². The minimum absolute atomic E-state index is 0. The van der Waals surface area contributed by atoms with Crippen molar-refractivity contribution in [2.75, 3.05) is 0 Å². The molecule has 0 amide bonds. The monoisotopic (exact) mass is 89.0 g/mol. The summed E-state index contributed by atoms with van der Waals surface area (Å²) in [6.07, 6.45) is 0. The Morgan fingerprint density at radius 2 is 0.750 bits per heavy atom. The van der Waals surface area contributed by atoms with Crippen LogP contribution in [0.2, 0.25) is 0 Å². The van der Waals surface area contributed by atoms with E-state index in [0.717, 1.165) is 0 Å². The maximum Gasteiger partial charge on any atom is 2.00 e. The van der Waals surface area contributed by atoms with Crippen molar-refractivity contribution in [1.29, 1.82) is 0 Å². The maximum absolute atomic E-state index is 0. The van der Waals surface area contributed by atoms with Gasteiger partial charge in [0.05, 0.1) is 0 Å². The Morgan fingerprint density at radius 3 is 0.750 bits per heavy atom. The molecule has 0 bridgehead atoms. The van der Waals surface area contributed by atoms with Gasteiger partial charge < -0.3 is 14.9 Å². The fraction of sp³-hybridized carbons (Fsp3) is 0. The second-order valence-corrected chi connectivity index (χ2v) is 0. The molecule has 0 heterocycles. The van der Waals surface area contributed by atoms with E-state index in [-0.39, 0.29) is 45.0 Å². The second-order valence-electron chi connectivity index (χ2n) is 0. The van der Waals surface area contributed by atoms with E-state index < -0.39 is 0 Å². The topological polar surface area (TPSA) is 0 Å². The molecule has 0 rings (SSSR count). The molecule has 2 heteroatoms. The molecule has 0 aliphatic carbocycles. The summed E-state index contributed by atoms with van der Waals surface area (Å²) in [4.78, 5) is 0. The summed E-state index contributed by atoms with van der Waals surface area (Å²) in [7, 11) is 0. The maximum atomic E-state index is 0. The van der Waals surface area contributed by atoms with Gasteiger partial charge in [-0.3, -0.25) is 0 Å². The van der Waals surface area contributed by atoms with Crippen LogP contribution in [0.4, 0.5) is 0 Å². The van der Waals surface area contributed by atoms with Crippen LogP contribution in [-0.4, -0.2) is 8.41 Å². The van der Waals surface area contributed by atoms with Crippen molar-refractivity contribution >= 4 is 8.41 Å². The van der Waals surface area contributed by atoms with E-state index in [9.17, 15) is 0 Å². The largest absolute Gasteiger partial charge is 2.00 e. The molecule has 3 radical (unpaired) electrons. The Bertz CT molecular complexity index is 6.00. The van der Waals surface area contributed by atoms with Gasteiger partial charge >= 0.3 is 21.7 Å². The molecule has 0 nitrogen and oxygen atoms in total. The minimum atomic E-state index is 0. The molecule has 0 fully saturated rings. The van der Waals surface area contributed by atoms with Gasteiger partial charge in [0.2, 0.25) is 0 Å². The molecule has 0 saturated heterocycles. The Balaban J connectivity index is 0. The van der Waals surface area contributed by atoms with Gasteiger partial charge in [0.25, 0.3) is 0 Å². The van der Waals surface area contributed by atoms with E-state index in [0.29, 0.717) is 0 Å². The number of rotatable bonds is 0. The third-order valence-electron chi connectivity index (χ3n) is 0. The van der Waals surface area contributed by atoms with Gasteiger partial charge in [-0.15, -0.1) is 0 Å². The third-order valence-corrected chi connectivity index (χ3v) is 0. The molecule has 21 valence electrons. The van der Waals surface area contributed by atoms with Crippen LogP contribution >= 0.6 is 0 Å². The van der Waals surface area contributed by atoms with Gasteiger partial charge in [-0.05, 0) is 0 Å². The smallest absolute Gasteiger partial charge is 0.358 e. The molecule has 0 N–H and O–H groups in total. The van der Waals surface area contributed by atoms with Crippen molar-refractivity contribution < 1.29 is 21.7 Å². The quantitative estimate of drug-likeness (QED) is 0.299. The molecule has 0 aromatic rings. The first kappa shape index (κ1) is 112. The molecule has 0 aromatic heterocycles. The molecule has 0 spiro atoms. The van der Waals surface area contributed by atoms with Crippen LogP contribution in [0.1, 0.15) is 0 Å². The van der Waals surface area contributed by atoms with Gasteiger partial charge in [-0.25, -0.2) is 0 Å². The summed E-state index contributed by atoms with van der Waals surface area (Å²) in [5, 5.41) is 0. The molecular weight excluding hydrogens is 82.7 g/mol. The average molecular weight is 88.7 g/mol. The van der Waals surface area contributed by atoms with Crippen LogP contribution in [0.15, 0.2) is 0 Å². The first-order valence-electron chi connectivity index (χ1n) is 0. The van der Waals surface area contributed by atoms with Crippen LogP contribution in [0, 0.1) is 14.9 Å². The number of hydrogen-bond donors (Lipinski definition) is 0. The molecule has 0 atom stereocenters. The van der Waals surface area contributed by atoms with Gasteiger partial charge in [0, 0.05) is 8.41 Å². The summed E-state index contributed by atoms with van der Waals surface area (Å²) in [6, 6.07) is 0. The van der Waals surface area contributed by atoms with Crippen LogP contribution in [0.5, 0.6) is 0 Å². The molecule has 0 aromatic carbocycles. The van der Waals surface area contributed by atoms with Crippen LogP contribution in [-0.2, 0) is 21.7 Å². The van der Waals surface area contributed by atoms with Crippen LogP contribution < -0.4 is 0 Å². The zero-order chi connectivity index (χ0) is 0. The Hall–Kier alpha value is 0.779. The summed E-state index contributed by atoms with van der Waals surface area (Å²) in [5.41, 5.74) is 0. The van der Waals surface area contributed by atoms with E-state index in [1.54, 1.807) is 0 Å². The van der Waals surface area contributed by atoms with Crippen molar-refractivity contribution in [1.82, 2.24) is 0 Å². The average Bonchev–Trinajstić information content (AvgIpc) is 0. The standard InChI is InChI=1S/2CH3.B.Ti/h2*1H3;;/q2*-1;;+2. The first-order valence-corrected chi connectivity index (χ1v) is 0. The van der Waals surface area contributed by atoms with E-state index in [2.05, 4.69) is 0 Å². The predicted octanol–water partition coefficient (Wildman–Crippen LogP) is 0.517. The normalized spacial score (nSPS) is 0. The van der Waals surface area contributed by atoms with E-state index in [4.69, 9.17) is 0 Å². The molecule has 0 aliphatic heterocycles. The molecule has 4 heavy (non-hydrogen) atoms. The summed E-state index contributed by atoms with van der Waals surface area (Å²) in [5.74, 6) is 0. The molecular formula is C2H6BTi. The van der Waals surface area contributed by atoms with Crippen molar-refractivity contribution in [3.8, 4) is 0 Å². The van der Waals surface area contributed by atoms with Gasteiger partial charge in [-0.1, -0.05) is 0 Å². The van der Waals surface area contributed by atoms with Gasteiger partial charge in [0.15, 0.2) is 0 Å². The fourth-order valence-electron chi connectivity index (χ4n) is 0. The summed E-state index contributed by atoms with van der Waals surface area (Å²) < 4.78 is 0. The predicted molar refractivity (Wildman–Crippen MR) is 18.6 cm³/mol. The van der Waals surface area contributed by atoms with Crippen molar-refractivity contribution in [2.45, 2.75) is 0 Å². The molecule has 0 saturated carbocycles. The molecule has 0 aliphatic rings. The first-order chi connectivity index (χ1) is 0. The third kappa shape index (κ3) is 14.5. The Morgan fingerprint density at radius 1 is 0.750 bits per heavy atom. The van der Waals surface area contributed by atoms with Crippen LogP contribution in [0.3, 0.4) is 0 Å². The second kappa shape index (κ2) is 48.1. The minimum Gasteiger partial charge on any atom is -0.358 e. The summed E-state index contributed by atoms with van der Waals surface area (Å²) in [6.45, 7) is 0. The molecule has 0 unspecified atom stereocenters. The zero-order valence-corrected chi connectivity index (χ0v) is 4.64. The van der Waals surface area contributed by atoms with Gasteiger partial charge in [-0.2, -0.15) is 0 Å². The van der Waals surface area contributed by atoms with E-state index in [1.165, 1.54) is 0 Å². The van der Waals surface area contributed by atoms with Crippen molar-refractivity contribution in [2.24, 2.45) is 0 Å².